The molecule has 0 spiro atoms. The summed E-state index contributed by atoms with van der Waals surface area (Å²) in [5.41, 5.74) is 2.78. The molecule has 0 atom stereocenters. The van der Waals surface area contributed by atoms with Gasteiger partial charge in [0.2, 0.25) is 0 Å². The van der Waals surface area contributed by atoms with Crippen molar-refractivity contribution in [2.24, 2.45) is 5.41 Å². The Labute approximate surface area is 103 Å². The van der Waals surface area contributed by atoms with Crippen LogP contribution in [0.1, 0.15) is 31.4 Å². The number of nitriles is 1. The van der Waals surface area contributed by atoms with Crippen LogP contribution in [-0.2, 0) is 0 Å². The SMILES string of the molecule is Cc1cc(NCC(C)(C)CCO)ccc1C#N. The van der Waals surface area contributed by atoms with E-state index in [2.05, 4.69) is 25.2 Å². The van der Waals surface area contributed by atoms with Crippen LogP contribution in [0.5, 0.6) is 0 Å². The lowest BCUT2D eigenvalue weighted by molar-refractivity contribution is 0.220. The van der Waals surface area contributed by atoms with E-state index in [9.17, 15) is 0 Å². The smallest absolute Gasteiger partial charge is 0.0994 e. The number of nitrogens with zero attached hydrogens (tertiary/aromatic N) is 1. The number of hydrogen-bond donors (Lipinski definition) is 2. The molecular formula is C14H20N2O. The molecule has 3 nitrogen and oxygen atoms in total. The third-order valence-corrected chi connectivity index (χ3v) is 2.91. The summed E-state index contributed by atoms with van der Waals surface area (Å²) in [6.07, 6.45) is 0.773. The van der Waals surface area contributed by atoms with E-state index in [1.54, 1.807) is 0 Å². The third-order valence-electron chi connectivity index (χ3n) is 2.91. The molecule has 0 fully saturated rings. The molecule has 0 heterocycles. The van der Waals surface area contributed by atoms with Crippen LogP contribution in [0.3, 0.4) is 0 Å². The topological polar surface area (TPSA) is 56.0 Å². The van der Waals surface area contributed by atoms with Gasteiger partial charge in [-0.2, -0.15) is 5.26 Å². The molecule has 0 aliphatic rings. The summed E-state index contributed by atoms with van der Waals surface area (Å²) >= 11 is 0. The molecule has 0 saturated heterocycles. The van der Waals surface area contributed by atoms with Crippen LogP contribution in [0.25, 0.3) is 0 Å². The molecule has 92 valence electrons. The zero-order chi connectivity index (χ0) is 12.9. The van der Waals surface area contributed by atoms with Crippen molar-refractivity contribution in [3.8, 4) is 6.07 Å². The summed E-state index contributed by atoms with van der Waals surface area (Å²) in [6, 6.07) is 7.88. The van der Waals surface area contributed by atoms with Gasteiger partial charge < -0.3 is 10.4 Å². The molecule has 1 aromatic rings. The number of rotatable bonds is 5. The van der Waals surface area contributed by atoms with E-state index in [-0.39, 0.29) is 12.0 Å². The Hall–Kier alpha value is -1.53. The fraction of sp³-hybridized carbons (Fsp3) is 0.500. The Morgan fingerprint density at radius 1 is 1.41 bits per heavy atom. The highest BCUT2D eigenvalue weighted by Crippen LogP contribution is 2.21. The molecule has 17 heavy (non-hydrogen) atoms. The van der Waals surface area contributed by atoms with E-state index in [0.29, 0.717) is 5.56 Å². The molecule has 0 aromatic heterocycles. The van der Waals surface area contributed by atoms with Gasteiger partial charge in [0, 0.05) is 18.8 Å². The zero-order valence-electron chi connectivity index (χ0n) is 10.7. The highest BCUT2D eigenvalue weighted by Gasteiger charge is 2.16. The van der Waals surface area contributed by atoms with Crippen LogP contribution in [0.15, 0.2) is 18.2 Å². The van der Waals surface area contributed by atoms with Gasteiger partial charge in [0.05, 0.1) is 11.6 Å². The number of benzene rings is 1. The van der Waals surface area contributed by atoms with Crippen molar-refractivity contribution >= 4 is 5.69 Å². The fourth-order valence-corrected chi connectivity index (χ4v) is 1.63. The van der Waals surface area contributed by atoms with Gasteiger partial charge in [0.25, 0.3) is 0 Å². The van der Waals surface area contributed by atoms with Crippen LogP contribution in [0, 0.1) is 23.7 Å². The van der Waals surface area contributed by atoms with Crippen molar-refractivity contribution in [3.63, 3.8) is 0 Å². The van der Waals surface area contributed by atoms with Crippen molar-refractivity contribution in [1.82, 2.24) is 0 Å². The minimum atomic E-state index is 0.0660. The molecule has 0 unspecified atom stereocenters. The largest absolute Gasteiger partial charge is 0.396 e. The van der Waals surface area contributed by atoms with Crippen molar-refractivity contribution in [3.05, 3.63) is 29.3 Å². The first-order valence-electron chi connectivity index (χ1n) is 5.84. The third kappa shape index (κ3) is 4.08. The number of aliphatic hydroxyl groups is 1. The molecule has 1 aromatic carbocycles. The van der Waals surface area contributed by atoms with Crippen molar-refractivity contribution in [2.75, 3.05) is 18.5 Å². The molecular weight excluding hydrogens is 212 g/mol. The molecule has 1 rings (SSSR count). The number of aliphatic hydroxyl groups excluding tert-OH is 1. The summed E-state index contributed by atoms with van der Waals surface area (Å²) in [5, 5.41) is 21.1. The predicted molar refractivity (Wildman–Crippen MR) is 69.9 cm³/mol. The first kappa shape index (κ1) is 13.5. The summed E-state index contributed by atoms with van der Waals surface area (Å²) in [7, 11) is 0. The van der Waals surface area contributed by atoms with Crippen molar-refractivity contribution in [1.29, 1.82) is 5.26 Å². The van der Waals surface area contributed by atoms with Crippen molar-refractivity contribution < 1.29 is 5.11 Å². The summed E-state index contributed by atoms with van der Waals surface area (Å²) in [5.74, 6) is 0. The van der Waals surface area contributed by atoms with Crippen LogP contribution >= 0.6 is 0 Å². The van der Waals surface area contributed by atoms with Gasteiger partial charge in [-0.15, -0.1) is 0 Å². The Bertz CT molecular complexity index is 419. The summed E-state index contributed by atoms with van der Waals surface area (Å²) in [4.78, 5) is 0. The standard InChI is InChI=1S/C14H20N2O/c1-11-8-13(5-4-12(11)9-15)16-10-14(2,3)6-7-17/h4-5,8,16-17H,6-7,10H2,1-3H3. The monoisotopic (exact) mass is 232 g/mol. The molecule has 2 N–H and O–H groups in total. The quantitative estimate of drug-likeness (QED) is 0.820. The highest BCUT2D eigenvalue weighted by atomic mass is 16.3. The summed E-state index contributed by atoms with van der Waals surface area (Å²) in [6.45, 7) is 7.18. The van der Waals surface area contributed by atoms with Gasteiger partial charge >= 0.3 is 0 Å². The van der Waals surface area contributed by atoms with Gasteiger partial charge in [-0.25, -0.2) is 0 Å². The highest BCUT2D eigenvalue weighted by molar-refractivity contribution is 5.51. The van der Waals surface area contributed by atoms with Crippen LogP contribution in [0.4, 0.5) is 5.69 Å². The average Bonchev–Trinajstić information content (AvgIpc) is 2.27. The second-order valence-electron chi connectivity index (χ2n) is 5.13. The Morgan fingerprint density at radius 3 is 2.65 bits per heavy atom. The van der Waals surface area contributed by atoms with E-state index in [0.717, 1.165) is 24.2 Å². The molecule has 0 bridgehead atoms. The lowest BCUT2D eigenvalue weighted by Crippen LogP contribution is -2.24. The Kier molecular flexibility index (Phi) is 4.53. The Balaban J connectivity index is 2.65. The fourth-order valence-electron chi connectivity index (χ4n) is 1.63. The van der Waals surface area contributed by atoms with E-state index < -0.39 is 0 Å². The van der Waals surface area contributed by atoms with Gasteiger partial charge in [-0.3, -0.25) is 0 Å². The normalized spacial score (nSPS) is 11.0. The second kappa shape index (κ2) is 5.70. The summed E-state index contributed by atoms with van der Waals surface area (Å²) < 4.78 is 0. The van der Waals surface area contributed by atoms with Gasteiger partial charge in [-0.05, 0) is 42.5 Å². The molecule has 0 radical (unpaired) electrons. The Morgan fingerprint density at radius 2 is 2.12 bits per heavy atom. The number of hydrogen-bond acceptors (Lipinski definition) is 3. The number of aryl methyl sites for hydroxylation is 1. The van der Waals surface area contributed by atoms with E-state index in [1.165, 1.54) is 0 Å². The maximum atomic E-state index is 8.95. The molecule has 0 aliphatic carbocycles. The lowest BCUT2D eigenvalue weighted by Gasteiger charge is -2.24. The first-order valence-corrected chi connectivity index (χ1v) is 5.84. The van der Waals surface area contributed by atoms with Crippen LogP contribution < -0.4 is 5.32 Å². The maximum absolute atomic E-state index is 8.95. The first-order chi connectivity index (χ1) is 7.98. The van der Waals surface area contributed by atoms with E-state index in [4.69, 9.17) is 10.4 Å². The minimum Gasteiger partial charge on any atom is -0.396 e. The predicted octanol–water partition coefficient (Wildman–Crippen LogP) is 2.69. The van der Waals surface area contributed by atoms with Gasteiger partial charge in [-0.1, -0.05) is 13.8 Å². The number of nitrogens with one attached hydrogen (secondary N) is 1. The molecule has 0 saturated carbocycles. The van der Waals surface area contributed by atoms with E-state index >= 15 is 0 Å². The average molecular weight is 232 g/mol. The van der Waals surface area contributed by atoms with Gasteiger partial charge in [0.1, 0.15) is 0 Å². The zero-order valence-corrected chi connectivity index (χ0v) is 10.7. The lowest BCUT2D eigenvalue weighted by atomic mass is 9.89. The van der Waals surface area contributed by atoms with Crippen molar-refractivity contribution in [2.45, 2.75) is 27.2 Å². The number of anilines is 1. The molecule has 3 heteroatoms. The minimum absolute atomic E-state index is 0.0660. The molecule has 0 amide bonds. The van der Waals surface area contributed by atoms with Crippen LogP contribution in [0.2, 0.25) is 0 Å². The second-order valence-corrected chi connectivity index (χ2v) is 5.13. The maximum Gasteiger partial charge on any atom is 0.0994 e. The molecule has 0 aliphatic heterocycles. The van der Waals surface area contributed by atoms with E-state index in [1.807, 2.05) is 25.1 Å². The van der Waals surface area contributed by atoms with Gasteiger partial charge in [0.15, 0.2) is 0 Å². The van der Waals surface area contributed by atoms with Crippen LogP contribution in [-0.4, -0.2) is 18.3 Å².